The zero-order valence-electron chi connectivity index (χ0n) is 13.8. The van der Waals surface area contributed by atoms with Crippen LogP contribution in [0, 0.1) is 0 Å². The van der Waals surface area contributed by atoms with Crippen molar-refractivity contribution >= 4 is 50.6 Å². The molecule has 0 atom stereocenters. The van der Waals surface area contributed by atoms with Crippen LogP contribution in [0.4, 0.5) is 16.2 Å². The molecule has 0 unspecified atom stereocenters. The van der Waals surface area contributed by atoms with Gasteiger partial charge in [-0.15, -0.1) is 11.3 Å². The van der Waals surface area contributed by atoms with Crippen molar-refractivity contribution in [2.24, 2.45) is 0 Å². The summed E-state index contributed by atoms with van der Waals surface area (Å²) in [6, 6.07) is 18.5. The van der Waals surface area contributed by atoms with Crippen LogP contribution >= 0.6 is 27.3 Å². The number of rotatable bonds is 4. The number of thiophene rings is 1. The molecule has 0 radical (unpaired) electrons. The van der Waals surface area contributed by atoms with Crippen LogP contribution in [0.25, 0.3) is 10.4 Å². The minimum atomic E-state index is -0.541. The normalized spacial score (nSPS) is 10.2. The third-order valence-corrected chi connectivity index (χ3v) is 5.19. The van der Waals surface area contributed by atoms with Gasteiger partial charge in [0, 0.05) is 20.7 Å². The molecule has 0 aliphatic rings. The number of halogens is 1. The fourth-order valence-electron chi connectivity index (χ4n) is 2.23. The predicted molar refractivity (Wildman–Crippen MR) is 108 cm³/mol. The van der Waals surface area contributed by atoms with E-state index in [-0.39, 0.29) is 5.91 Å². The number of carbonyl (C=O) groups is 2. The Balaban J connectivity index is 1.66. The van der Waals surface area contributed by atoms with E-state index in [9.17, 15) is 9.59 Å². The van der Waals surface area contributed by atoms with Gasteiger partial charge in [-0.05, 0) is 54.1 Å². The molecule has 7 heteroatoms. The quantitative estimate of drug-likeness (QED) is 0.565. The Hall–Kier alpha value is -2.64. The molecule has 1 aromatic heterocycles. The van der Waals surface area contributed by atoms with E-state index < -0.39 is 6.09 Å². The van der Waals surface area contributed by atoms with Gasteiger partial charge in [0.25, 0.3) is 5.91 Å². The van der Waals surface area contributed by atoms with E-state index in [4.69, 9.17) is 0 Å². The number of anilines is 2. The molecule has 26 heavy (non-hydrogen) atoms. The molecule has 1 heterocycles. The first-order chi connectivity index (χ1) is 12.5. The topological polar surface area (TPSA) is 67.4 Å². The van der Waals surface area contributed by atoms with Gasteiger partial charge in [0.15, 0.2) is 0 Å². The minimum absolute atomic E-state index is 0.174. The summed E-state index contributed by atoms with van der Waals surface area (Å²) in [5.41, 5.74) is 2.29. The maximum absolute atomic E-state index is 12.4. The molecular weight excluding hydrogens is 416 g/mol. The van der Waals surface area contributed by atoms with Crippen molar-refractivity contribution in [2.45, 2.75) is 0 Å². The van der Waals surface area contributed by atoms with E-state index in [1.54, 1.807) is 24.3 Å². The fraction of sp³-hybridized carbons (Fsp3) is 0.0526. The summed E-state index contributed by atoms with van der Waals surface area (Å²) in [7, 11) is 1.30. The van der Waals surface area contributed by atoms with Gasteiger partial charge in [-0.1, -0.05) is 28.1 Å². The van der Waals surface area contributed by atoms with Crippen molar-refractivity contribution in [2.75, 3.05) is 17.7 Å². The van der Waals surface area contributed by atoms with Gasteiger partial charge in [0.05, 0.1) is 12.0 Å². The smallest absolute Gasteiger partial charge is 0.411 e. The summed E-state index contributed by atoms with van der Waals surface area (Å²) in [4.78, 5) is 25.2. The third-order valence-electron chi connectivity index (χ3n) is 3.53. The Morgan fingerprint density at radius 3 is 2.12 bits per heavy atom. The maximum Gasteiger partial charge on any atom is 0.411 e. The van der Waals surface area contributed by atoms with Crippen molar-refractivity contribution in [1.82, 2.24) is 0 Å². The van der Waals surface area contributed by atoms with Crippen molar-refractivity contribution in [1.29, 1.82) is 0 Å². The number of methoxy groups -OCH3 is 1. The van der Waals surface area contributed by atoms with Crippen LogP contribution < -0.4 is 10.6 Å². The molecule has 3 rings (SSSR count). The summed E-state index contributed by atoms with van der Waals surface area (Å²) >= 11 is 4.85. The number of hydrogen-bond acceptors (Lipinski definition) is 4. The molecule has 0 bridgehead atoms. The molecule has 132 valence electrons. The highest BCUT2D eigenvalue weighted by molar-refractivity contribution is 9.10. The number of carbonyl (C=O) groups excluding carboxylic acids is 2. The zero-order valence-corrected chi connectivity index (χ0v) is 16.2. The Morgan fingerprint density at radius 1 is 0.885 bits per heavy atom. The molecule has 5 nitrogen and oxygen atoms in total. The van der Waals surface area contributed by atoms with Gasteiger partial charge in [0.1, 0.15) is 0 Å². The molecule has 3 aromatic rings. The van der Waals surface area contributed by atoms with Crippen molar-refractivity contribution in [3.63, 3.8) is 0 Å². The van der Waals surface area contributed by atoms with Crippen LogP contribution in [-0.4, -0.2) is 19.1 Å². The molecule has 0 spiro atoms. The average molecular weight is 431 g/mol. The summed E-state index contributed by atoms with van der Waals surface area (Å²) in [5.74, 6) is -0.174. The molecule has 2 amide bonds. The maximum atomic E-state index is 12.4. The van der Waals surface area contributed by atoms with Crippen molar-refractivity contribution in [3.8, 4) is 10.4 Å². The van der Waals surface area contributed by atoms with Crippen LogP contribution in [0.2, 0.25) is 0 Å². The lowest BCUT2D eigenvalue weighted by molar-refractivity contribution is 0.103. The highest BCUT2D eigenvalue weighted by Crippen LogP contribution is 2.29. The van der Waals surface area contributed by atoms with Gasteiger partial charge in [-0.25, -0.2) is 4.79 Å². The van der Waals surface area contributed by atoms with Gasteiger partial charge < -0.3 is 10.1 Å². The summed E-state index contributed by atoms with van der Waals surface area (Å²) in [6.07, 6.45) is -0.541. The standard InChI is InChI=1S/C19H15BrN2O3S/c1-25-19(24)22-15-8-6-14(7-9-15)21-18(23)17-11-10-16(26-17)12-2-4-13(20)5-3-12/h2-11H,1H3,(H,21,23)(H,22,24). The second kappa shape index (κ2) is 8.16. The Labute approximate surface area is 163 Å². The molecule has 2 aromatic carbocycles. The second-order valence-corrected chi connectivity index (χ2v) is 7.32. The van der Waals surface area contributed by atoms with E-state index in [2.05, 4.69) is 31.3 Å². The lowest BCUT2D eigenvalue weighted by atomic mass is 10.2. The van der Waals surface area contributed by atoms with Crippen molar-refractivity contribution in [3.05, 3.63) is 70.0 Å². The first-order valence-electron chi connectivity index (χ1n) is 7.67. The lowest BCUT2D eigenvalue weighted by Crippen LogP contribution is -2.12. The first kappa shape index (κ1) is 18.2. The summed E-state index contributed by atoms with van der Waals surface area (Å²) < 4.78 is 5.55. The van der Waals surface area contributed by atoms with E-state index in [0.29, 0.717) is 16.3 Å². The van der Waals surface area contributed by atoms with Gasteiger partial charge >= 0.3 is 6.09 Å². The van der Waals surface area contributed by atoms with E-state index in [0.717, 1.165) is 14.9 Å². The zero-order chi connectivity index (χ0) is 18.5. The monoisotopic (exact) mass is 430 g/mol. The number of nitrogens with one attached hydrogen (secondary N) is 2. The van der Waals surface area contributed by atoms with Crippen LogP contribution in [0.5, 0.6) is 0 Å². The largest absolute Gasteiger partial charge is 0.453 e. The summed E-state index contributed by atoms with van der Waals surface area (Å²) in [5, 5.41) is 5.40. The van der Waals surface area contributed by atoms with Crippen molar-refractivity contribution < 1.29 is 14.3 Å². The van der Waals surface area contributed by atoms with Gasteiger partial charge in [-0.3, -0.25) is 10.1 Å². The lowest BCUT2D eigenvalue weighted by Gasteiger charge is -2.06. The highest BCUT2D eigenvalue weighted by atomic mass is 79.9. The average Bonchev–Trinajstić information content (AvgIpc) is 3.14. The molecule has 0 fully saturated rings. The third kappa shape index (κ3) is 4.50. The molecule has 0 aliphatic carbocycles. The number of amides is 2. The summed E-state index contributed by atoms with van der Waals surface area (Å²) in [6.45, 7) is 0. The molecule has 0 saturated heterocycles. The number of benzene rings is 2. The molecule has 2 N–H and O–H groups in total. The SMILES string of the molecule is COC(=O)Nc1ccc(NC(=O)c2ccc(-c3ccc(Br)cc3)s2)cc1. The Kier molecular flexibility index (Phi) is 5.70. The Morgan fingerprint density at radius 2 is 1.50 bits per heavy atom. The molecular formula is C19H15BrN2O3S. The predicted octanol–water partition coefficient (Wildman–Crippen LogP) is 5.61. The van der Waals surface area contributed by atoms with E-state index in [1.165, 1.54) is 18.4 Å². The number of ether oxygens (including phenoxy) is 1. The molecule has 0 saturated carbocycles. The Bertz CT molecular complexity index is 921. The fourth-order valence-corrected chi connectivity index (χ4v) is 3.40. The highest BCUT2D eigenvalue weighted by Gasteiger charge is 2.11. The van der Waals surface area contributed by atoms with E-state index in [1.807, 2.05) is 36.4 Å². The van der Waals surface area contributed by atoms with Crippen LogP contribution in [0.1, 0.15) is 9.67 Å². The molecule has 0 aliphatic heterocycles. The number of hydrogen-bond donors (Lipinski definition) is 2. The minimum Gasteiger partial charge on any atom is -0.453 e. The second-order valence-electron chi connectivity index (χ2n) is 5.32. The van der Waals surface area contributed by atoms with Gasteiger partial charge in [-0.2, -0.15) is 0 Å². The first-order valence-corrected chi connectivity index (χ1v) is 9.28. The van der Waals surface area contributed by atoms with Crippen LogP contribution in [0.15, 0.2) is 65.1 Å². The van der Waals surface area contributed by atoms with Crippen LogP contribution in [0.3, 0.4) is 0 Å². The van der Waals surface area contributed by atoms with E-state index >= 15 is 0 Å². The van der Waals surface area contributed by atoms with Gasteiger partial charge in [0.2, 0.25) is 0 Å². The van der Waals surface area contributed by atoms with Crippen LogP contribution in [-0.2, 0) is 4.74 Å².